The Labute approximate surface area is 192 Å². The molecule has 1 saturated carbocycles. The van der Waals surface area contributed by atoms with E-state index in [1.165, 1.54) is 62.4 Å². The summed E-state index contributed by atoms with van der Waals surface area (Å²) in [6, 6.07) is 6.69. The van der Waals surface area contributed by atoms with Crippen LogP contribution in [0.5, 0.6) is 0 Å². The van der Waals surface area contributed by atoms with Crippen LogP contribution in [-0.4, -0.2) is 83.6 Å². The predicted octanol–water partition coefficient (Wildman–Crippen LogP) is 2.96. The van der Waals surface area contributed by atoms with E-state index >= 15 is 0 Å². The first-order valence-electron chi connectivity index (χ1n) is 12.2. The summed E-state index contributed by atoms with van der Waals surface area (Å²) in [5, 5.41) is 7.47. The van der Waals surface area contributed by atoms with Crippen LogP contribution in [-0.2, 0) is 6.54 Å². The highest BCUT2D eigenvalue weighted by Gasteiger charge is 2.38. The molecule has 0 aromatic carbocycles. The van der Waals surface area contributed by atoms with E-state index in [2.05, 4.69) is 54.3 Å². The highest BCUT2D eigenvalue weighted by molar-refractivity contribution is 7.99. The van der Waals surface area contributed by atoms with Gasteiger partial charge in [-0.3, -0.25) is 19.8 Å². The van der Waals surface area contributed by atoms with Gasteiger partial charge in [-0.1, -0.05) is 25.3 Å². The maximum atomic E-state index is 4.58. The zero-order chi connectivity index (χ0) is 21.4. The van der Waals surface area contributed by atoms with Gasteiger partial charge in [0.15, 0.2) is 5.96 Å². The van der Waals surface area contributed by atoms with Gasteiger partial charge in [-0.05, 0) is 37.8 Å². The van der Waals surface area contributed by atoms with Crippen LogP contribution in [0.15, 0.2) is 29.4 Å². The standard InChI is InChI=1S/C24H40N6S/c1-25-23(27-20-24(10-4-2-5-11-24)30-15-17-31-18-16-30)28-21-8-13-29(14-9-21)19-22-7-3-6-12-26-22/h3,6-7,12,21H,2,4-5,8-11,13-20H2,1H3,(H2,25,27,28). The van der Waals surface area contributed by atoms with Gasteiger partial charge in [0.05, 0.1) is 5.69 Å². The van der Waals surface area contributed by atoms with Gasteiger partial charge in [-0.25, -0.2) is 0 Å². The summed E-state index contributed by atoms with van der Waals surface area (Å²) >= 11 is 2.11. The lowest BCUT2D eigenvalue weighted by Crippen LogP contribution is -2.60. The Morgan fingerprint density at radius 3 is 2.58 bits per heavy atom. The fourth-order valence-electron chi connectivity index (χ4n) is 5.44. The number of hydrogen-bond donors (Lipinski definition) is 2. The van der Waals surface area contributed by atoms with Crippen molar-refractivity contribution in [3.8, 4) is 0 Å². The molecule has 2 N–H and O–H groups in total. The molecule has 31 heavy (non-hydrogen) atoms. The molecule has 0 bridgehead atoms. The van der Waals surface area contributed by atoms with Gasteiger partial charge in [0, 0.05) is 75.6 Å². The van der Waals surface area contributed by atoms with Gasteiger partial charge in [-0.2, -0.15) is 11.8 Å². The van der Waals surface area contributed by atoms with Gasteiger partial charge >= 0.3 is 0 Å². The second-order valence-corrected chi connectivity index (χ2v) is 10.6. The third-order valence-corrected chi connectivity index (χ3v) is 8.26. The largest absolute Gasteiger partial charge is 0.355 e. The summed E-state index contributed by atoms with van der Waals surface area (Å²) in [7, 11) is 1.91. The Morgan fingerprint density at radius 2 is 1.90 bits per heavy atom. The molecule has 0 atom stereocenters. The zero-order valence-electron chi connectivity index (χ0n) is 19.2. The van der Waals surface area contributed by atoms with Crippen LogP contribution in [0, 0.1) is 0 Å². The molecule has 0 spiro atoms. The minimum Gasteiger partial charge on any atom is -0.355 e. The summed E-state index contributed by atoms with van der Waals surface area (Å²) in [6.45, 7) is 6.69. The molecule has 2 saturated heterocycles. The monoisotopic (exact) mass is 444 g/mol. The minimum atomic E-state index is 0.322. The van der Waals surface area contributed by atoms with Gasteiger partial charge in [0.2, 0.25) is 0 Å². The van der Waals surface area contributed by atoms with E-state index in [4.69, 9.17) is 0 Å². The van der Waals surface area contributed by atoms with Crippen molar-refractivity contribution in [3.05, 3.63) is 30.1 Å². The molecule has 1 aliphatic carbocycles. The first-order chi connectivity index (χ1) is 15.3. The Hall–Kier alpha value is -1.31. The maximum Gasteiger partial charge on any atom is 0.191 e. The minimum absolute atomic E-state index is 0.322. The molecular weight excluding hydrogens is 404 g/mol. The molecule has 1 aromatic heterocycles. The van der Waals surface area contributed by atoms with Crippen molar-refractivity contribution < 1.29 is 0 Å². The lowest BCUT2D eigenvalue weighted by Gasteiger charge is -2.48. The van der Waals surface area contributed by atoms with Crippen molar-refractivity contribution in [1.82, 2.24) is 25.4 Å². The van der Waals surface area contributed by atoms with E-state index in [0.29, 0.717) is 11.6 Å². The second kappa shape index (κ2) is 11.5. The number of thioether (sulfide) groups is 1. The summed E-state index contributed by atoms with van der Waals surface area (Å²) in [5.41, 5.74) is 1.49. The molecular formula is C24H40N6S. The number of rotatable bonds is 6. The number of aromatic nitrogens is 1. The number of likely N-dealkylation sites (tertiary alicyclic amines) is 1. The van der Waals surface area contributed by atoms with Crippen LogP contribution in [0.2, 0.25) is 0 Å². The number of nitrogens with one attached hydrogen (secondary N) is 2. The number of pyridine rings is 1. The third-order valence-electron chi connectivity index (χ3n) is 7.31. The Balaban J connectivity index is 1.25. The topological polar surface area (TPSA) is 55.8 Å². The Morgan fingerprint density at radius 1 is 1.13 bits per heavy atom. The number of guanidine groups is 1. The summed E-state index contributed by atoms with van der Waals surface area (Å²) < 4.78 is 0. The quantitative estimate of drug-likeness (QED) is 0.520. The SMILES string of the molecule is CN=C(NCC1(N2CCSCC2)CCCCC1)NC1CCN(Cc2ccccn2)CC1. The fraction of sp³-hybridized carbons (Fsp3) is 0.750. The number of hydrogen-bond acceptors (Lipinski definition) is 5. The number of piperidine rings is 1. The summed E-state index contributed by atoms with van der Waals surface area (Å²) in [6.07, 6.45) is 11.0. The van der Waals surface area contributed by atoms with E-state index in [-0.39, 0.29) is 0 Å². The molecule has 1 aromatic rings. The third kappa shape index (κ3) is 6.36. The van der Waals surface area contributed by atoms with Crippen LogP contribution in [0.1, 0.15) is 50.6 Å². The van der Waals surface area contributed by atoms with E-state index in [0.717, 1.165) is 45.0 Å². The van der Waals surface area contributed by atoms with E-state index in [1.54, 1.807) is 0 Å². The van der Waals surface area contributed by atoms with Crippen LogP contribution in [0.4, 0.5) is 0 Å². The van der Waals surface area contributed by atoms with Gasteiger partial charge in [-0.15, -0.1) is 0 Å². The van der Waals surface area contributed by atoms with Crippen molar-refractivity contribution >= 4 is 17.7 Å². The highest BCUT2D eigenvalue weighted by atomic mass is 32.2. The lowest BCUT2D eigenvalue weighted by atomic mass is 9.80. The van der Waals surface area contributed by atoms with E-state index in [9.17, 15) is 0 Å². The van der Waals surface area contributed by atoms with E-state index in [1.807, 2.05) is 19.3 Å². The van der Waals surface area contributed by atoms with Crippen LogP contribution >= 0.6 is 11.8 Å². The average Bonchev–Trinajstić information content (AvgIpc) is 2.84. The molecule has 0 unspecified atom stereocenters. The fourth-order valence-corrected chi connectivity index (χ4v) is 6.35. The molecule has 2 aliphatic heterocycles. The van der Waals surface area contributed by atoms with Crippen molar-refractivity contribution in [2.24, 2.45) is 4.99 Å². The highest BCUT2D eigenvalue weighted by Crippen LogP contribution is 2.34. The molecule has 0 radical (unpaired) electrons. The second-order valence-electron chi connectivity index (χ2n) is 9.33. The molecule has 7 heteroatoms. The van der Waals surface area contributed by atoms with Crippen molar-refractivity contribution in [2.75, 3.05) is 51.3 Å². The molecule has 6 nitrogen and oxygen atoms in total. The molecule has 4 rings (SSSR count). The number of nitrogens with zero attached hydrogens (tertiary/aromatic N) is 4. The zero-order valence-corrected chi connectivity index (χ0v) is 20.0. The summed E-state index contributed by atoms with van der Waals surface area (Å²) in [4.78, 5) is 14.4. The van der Waals surface area contributed by atoms with Crippen molar-refractivity contribution in [2.45, 2.75) is 63.1 Å². The molecule has 3 heterocycles. The smallest absolute Gasteiger partial charge is 0.191 e. The molecule has 172 valence electrons. The van der Waals surface area contributed by atoms with Gasteiger partial charge in [0.1, 0.15) is 0 Å². The Bertz CT molecular complexity index is 677. The predicted molar refractivity (Wildman–Crippen MR) is 132 cm³/mol. The van der Waals surface area contributed by atoms with E-state index < -0.39 is 0 Å². The lowest BCUT2D eigenvalue weighted by molar-refractivity contribution is 0.0625. The maximum absolute atomic E-state index is 4.58. The first kappa shape index (κ1) is 22.9. The van der Waals surface area contributed by atoms with Gasteiger partial charge < -0.3 is 10.6 Å². The molecule has 3 aliphatic rings. The normalized spacial score (nSPS) is 24.1. The molecule has 3 fully saturated rings. The average molecular weight is 445 g/mol. The van der Waals surface area contributed by atoms with Crippen LogP contribution in [0.25, 0.3) is 0 Å². The Kier molecular flexibility index (Phi) is 8.50. The summed E-state index contributed by atoms with van der Waals surface area (Å²) in [5.74, 6) is 3.55. The van der Waals surface area contributed by atoms with Crippen molar-refractivity contribution in [1.29, 1.82) is 0 Å². The van der Waals surface area contributed by atoms with Gasteiger partial charge in [0.25, 0.3) is 0 Å². The molecule has 0 amide bonds. The number of aliphatic imine (C=N–C) groups is 1. The van der Waals surface area contributed by atoms with Crippen molar-refractivity contribution in [3.63, 3.8) is 0 Å². The van der Waals surface area contributed by atoms with Crippen LogP contribution in [0.3, 0.4) is 0 Å². The van der Waals surface area contributed by atoms with Crippen LogP contribution < -0.4 is 10.6 Å². The first-order valence-corrected chi connectivity index (χ1v) is 13.4.